The molecule has 0 aliphatic heterocycles. The topological polar surface area (TPSA) is 83.1 Å². The Bertz CT molecular complexity index is 864. The number of benzene rings is 2. The van der Waals surface area contributed by atoms with E-state index in [1.165, 1.54) is 6.92 Å². The number of carbonyl (C=O) groups excluding carboxylic acids is 2. The third-order valence-electron chi connectivity index (χ3n) is 4.49. The highest BCUT2D eigenvalue weighted by Crippen LogP contribution is 2.27. The van der Waals surface area contributed by atoms with Crippen molar-refractivity contribution in [1.82, 2.24) is 5.32 Å². The van der Waals surface area contributed by atoms with Gasteiger partial charge < -0.3 is 24.3 Å². The molecule has 0 spiro atoms. The number of rotatable bonds is 9. The summed E-state index contributed by atoms with van der Waals surface area (Å²) in [7, 11) is 3.10. The predicted octanol–water partition coefficient (Wildman–Crippen LogP) is 2.95. The van der Waals surface area contributed by atoms with Crippen LogP contribution in [0.2, 0.25) is 0 Å². The molecule has 0 fully saturated rings. The van der Waals surface area contributed by atoms with Crippen LogP contribution >= 0.6 is 0 Å². The van der Waals surface area contributed by atoms with Gasteiger partial charge in [0.15, 0.2) is 24.2 Å². The van der Waals surface area contributed by atoms with E-state index in [-0.39, 0.29) is 13.2 Å². The molecule has 7 heteroatoms. The van der Waals surface area contributed by atoms with E-state index in [2.05, 4.69) is 5.32 Å². The molecule has 0 aliphatic carbocycles. The van der Waals surface area contributed by atoms with Crippen LogP contribution in [0.3, 0.4) is 0 Å². The van der Waals surface area contributed by atoms with E-state index in [0.29, 0.717) is 17.2 Å². The molecule has 7 nitrogen and oxygen atoms in total. The summed E-state index contributed by atoms with van der Waals surface area (Å²) in [5.41, 5.74) is 2.85. The van der Waals surface area contributed by atoms with Crippen molar-refractivity contribution in [3.8, 4) is 17.2 Å². The van der Waals surface area contributed by atoms with Gasteiger partial charge in [-0.25, -0.2) is 4.79 Å². The first-order valence-electron chi connectivity index (χ1n) is 9.22. The first-order chi connectivity index (χ1) is 13.8. The van der Waals surface area contributed by atoms with Gasteiger partial charge in [-0.1, -0.05) is 18.2 Å². The standard InChI is InChI=1S/C22H27NO6/c1-14-7-6-8-18(15(14)2)28-13-21(24)29-16(3)22(25)23-12-17-9-10-19(26-4)20(11-17)27-5/h6-11,16H,12-13H2,1-5H3,(H,23,25)/t16-/m1/s1. The zero-order chi connectivity index (χ0) is 21.4. The SMILES string of the molecule is COc1ccc(CNC(=O)[C@@H](C)OC(=O)COc2cccc(C)c2C)cc1OC. The van der Waals surface area contributed by atoms with Crippen LogP contribution in [-0.2, 0) is 20.9 Å². The fourth-order valence-electron chi connectivity index (χ4n) is 2.63. The van der Waals surface area contributed by atoms with Gasteiger partial charge in [-0.3, -0.25) is 4.79 Å². The summed E-state index contributed by atoms with van der Waals surface area (Å²) in [4.78, 5) is 24.2. The lowest BCUT2D eigenvalue weighted by molar-refractivity contribution is -0.156. The second-order valence-electron chi connectivity index (χ2n) is 6.53. The molecule has 0 unspecified atom stereocenters. The molecule has 0 saturated heterocycles. The lowest BCUT2D eigenvalue weighted by Gasteiger charge is -2.15. The van der Waals surface area contributed by atoms with Crippen LogP contribution in [0.4, 0.5) is 0 Å². The van der Waals surface area contributed by atoms with Gasteiger partial charge in [-0.05, 0) is 55.7 Å². The zero-order valence-electron chi connectivity index (χ0n) is 17.4. The largest absolute Gasteiger partial charge is 0.493 e. The number of hydrogen-bond acceptors (Lipinski definition) is 6. The van der Waals surface area contributed by atoms with Gasteiger partial charge in [-0.2, -0.15) is 0 Å². The van der Waals surface area contributed by atoms with Crippen molar-refractivity contribution in [2.24, 2.45) is 0 Å². The van der Waals surface area contributed by atoms with Crippen molar-refractivity contribution in [3.63, 3.8) is 0 Å². The molecule has 2 aromatic rings. The third-order valence-corrected chi connectivity index (χ3v) is 4.49. The van der Waals surface area contributed by atoms with Crippen molar-refractivity contribution in [3.05, 3.63) is 53.1 Å². The maximum Gasteiger partial charge on any atom is 0.344 e. The van der Waals surface area contributed by atoms with Crippen LogP contribution < -0.4 is 19.5 Å². The second-order valence-corrected chi connectivity index (χ2v) is 6.53. The van der Waals surface area contributed by atoms with E-state index in [1.54, 1.807) is 32.4 Å². The van der Waals surface area contributed by atoms with Gasteiger partial charge in [0.2, 0.25) is 0 Å². The molecular weight excluding hydrogens is 374 g/mol. The van der Waals surface area contributed by atoms with Crippen molar-refractivity contribution in [1.29, 1.82) is 0 Å². The highest BCUT2D eigenvalue weighted by atomic mass is 16.6. The van der Waals surface area contributed by atoms with Gasteiger partial charge in [0.25, 0.3) is 5.91 Å². The molecule has 0 aliphatic rings. The first-order valence-corrected chi connectivity index (χ1v) is 9.22. The Balaban J connectivity index is 1.82. The summed E-state index contributed by atoms with van der Waals surface area (Å²) in [6, 6.07) is 11.0. The second kappa shape index (κ2) is 10.4. The van der Waals surface area contributed by atoms with Crippen LogP contribution in [0.15, 0.2) is 36.4 Å². The summed E-state index contributed by atoms with van der Waals surface area (Å²) in [5, 5.41) is 2.73. The minimum atomic E-state index is -0.940. The Morgan fingerprint density at radius 1 is 1.00 bits per heavy atom. The Hall–Kier alpha value is -3.22. The molecule has 0 bridgehead atoms. The van der Waals surface area contributed by atoms with Crippen LogP contribution in [0.5, 0.6) is 17.2 Å². The van der Waals surface area contributed by atoms with Crippen LogP contribution in [-0.4, -0.2) is 38.8 Å². The summed E-state index contributed by atoms with van der Waals surface area (Å²) in [5.74, 6) is 0.781. The number of aryl methyl sites for hydroxylation is 1. The Labute approximate surface area is 170 Å². The maximum absolute atomic E-state index is 12.2. The third kappa shape index (κ3) is 6.14. The number of methoxy groups -OCH3 is 2. The number of amides is 1. The van der Waals surface area contributed by atoms with Gasteiger partial charge in [0.05, 0.1) is 14.2 Å². The number of ether oxygens (including phenoxy) is 4. The highest BCUT2D eigenvalue weighted by Gasteiger charge is 2.18. The molecule has 0 aromatic heterocycles. The van der Waals surface area contributed by atoms with Crippen molar-refractivity contribution >= 4 is 11.9 Å². The van der Waals surface area contributed by atoms with Gasteiger partial charge in [0.1, 0.15) is 5.75 Å². The monoisotopic (exact) mass is 401 g/mol. The van der Waals surface area contributed by atoms with Crippen LogP contribution in [0.1, 0.15) is 23.6 Å². The van der Waals surface area contributed by atoms with E-state index >= 15 is 0 Å². The Morgan fingerprint density at radius 2 is 1.72 bits per heavy atom. The lowest BCUT2D eigenvalue weighted by atomic mass is 10.1. The van der Waals surface area contributed by atoms with Crippen LogP contribution in [0, 0.1) is 13.8 Å². The lowest BCUT2D eigenvalue weighted by Crippen LogP contribution is -2.36. The fourth-order valence-corrected chi connectivity index (χ4v) is 2.63. The quantitative estimate of drug-likeness (QED) is 0.651. The molecule has 0 heterocycles. The highest BCUT2D eigenvalue weighted by molar-refractivity contribution is 5.83. The number of nitrogens with one attached hydrogen (secondary N) is 1. The molecule has 1 N–H and O–H groups in total. The van der Waals surface area contributed by atoms with E-state index in [1.807, 2.05) is 32.0 Å². The number of hydrogen-bond donors (Lipinski definition) is 1. The van der Waals surface area contributed by atoms with Gasteiger partial charge >= 0.3 is 5.97 Å². The Morgan fingerprint density at radius 3 is 2.41 bits per heavy atom. The average Bonchev–Trinajstić information content (AvgIpc) is 2.72. The van der Waals surface area contributed by atoms with E-state index in [4.69, 9.17) is 18.9 Å². The van der Waals surface area contributed by atoms with E-state index in [0.717, 1.165) is 16.7 Å². The normalized spacial score (nSPS) is 11.3. The molecule has 1 amide bonds. The molecule has 2 rings (SSSR count). The average molecular weight is 401 g/mol. The minimum absolute atomic E-state index is 0.264. The number of carbonyl (C=O) groups is 2. The summed E-state index contributed by atoms with van der Waals surface area (Å²) in [6.07, 6.45) is -0.940. The summed E-state index contributed by atoms with van der Waals surface area (Å²) >= 11 is 0. The summed E-state index contributed by atoms with van der Waals surface area (Å²) in [6.45, 7) is 5.39. The van der Waals surface area contributed by atoms with Crippen molar-refractivity contribution < 1.29 is 28.5 Å². The van der Waals surface area contributed by atoms with E-state index in [9.17, 15) is 9.59 Å². The van der Waals surface area contributed by atoms with Crippen molar-refractivity contribution in [2.75, 3.05) is 20.8 Å². The smallest absolute Gasteiger partial charge is 0.344 e. The number of esters is 1. The fraction of sp³-hybridized carbons (Fsp3) is 0.364. The minimum Gasteiger partial charge on any atom is -0.493 e. The molecule has 156 valence electrons. The zero-order valence-corrected chi connectivity index (χ0v) is 17.4. The Kier molecular flexibility index (Phi) is 7.88. The molecule has 1 atom stereocenters. The van der Waals surface area contributed by atoms with E-state index < -0.39 is 18.0 Å². The molecule has 2 aromatic carbocycles. The van der Waals surface area contributed by atoms with Crippen molar-refractivity contribution in [2.45, 2.75) is 33.4 Å². The summed E-state index contributed by atoms with van der Waals surface area (Å²) < 4.78 is 21.1. The van der Waals surface area contributed by atoms with Gasteiger partial charge in [0, 0.05) is 6.54 Å². The molecular formula is C22H27NO6. The van der Waals surface area contributed by atoms with Crippen LogP contribution in [0.25, 0.3) is 0 Å². The molecule has 0 saturated carbocycles. The van der Waals surface area contributed by atoms with Gasteiger partial charge in [-0.15, -0.1) is 0 Å². The maximum atomic E-state index is 12.2. The first kappa shape index (κ1) is 22.1. The molecule has 0 radical (unpaired) electrons. The molecule has 29 heavy (non-hydrogen) atoms. The predicted molar refractivity (Wildman–Crippen MR) is 108 cm³/mol.